The van der Waals surface area contributed by atoms with Crippen LogP contribution in [0.5, 0.6) is 0 Å². The van der Waals surface area contributed by atoms with Crippen molar-refractivity contribution in [1.29, 1.82) is 0 Å². The molecule has 116 valence electrons. The van der Waals surface area contributed by atoms with Gasteiger partial charge in [0.25, 0.3) is 0 Å². The quantitative estimate of drug-likeness (QED) is 0.780. The van der Waals surface area contributed by atoms with Crippen molar-refractivity contribution < 1.29 is 4.39 Å². The minimum atomic E-state index is -0.184. The fourth-order valence-corrected chi connectivity index (χ4v) is 3.65. The van der Waals surface area contributed by atoms with E-state index in [4.69, 9.17) is 0 Å². The zero-order valence-electron chi connectivity index (χ0n) is 13.3. The molecule has 2 aromatic heterocycles. The van der Waals surface area contributed by atoms with Crippen molar-refractivity contribution in [1.82, 2.24) is 14.9 Å². The van der Waals surface area contributed by atoms with Crippen molar-refractivity contribution in [2.45, 2.75) is 33.4 Å². The lowest BCUT2D eigenvalue weighted by atomic mass is 10.1. The number of nitrogens with zero attached hydrogens (tertiary/aromatic N) is 2. The Bertz CT molecular complexity index is 819. The van der Waals surface area contributed by atoms with Gasteiger partial charge in [0.1, 0.15) is 11.6 Å². The summed E-state index contributed by atoms with van der Waals surface area (Å²) >= 11 is 1.65. The summed E-state index contributed by atoms with van der Waals surface area (Å²) < 4.78 is 16.7. The molecule has 3 aromatic rings. The predicted octanol–water partition coefficient (Wildman–Crippen LogP) is 4.24. The fourth-order valence-electron chi connectivity index (χ4n) is 2.71. The Morgan fingerprint density at radius 3 is 2.82 bits per heavy atom. The van der Waals surface area contributed by atoms with Gasteiger partial charge in [0.2, 0.25) is 0 Å². The maximum atomic E-state index is 13.4. The molecular formula is C17H20FN3S. The molecule has 0 amide bonds. The number of fused-ring (bicyclic) bond motifs is 1. The lowest BCUT2D eigenvalue weighted by Gasteiger charge is -2.12. The van der Waals surface area contributed by atoms with E-state index in [1.165, 1.54) is 11.8 Å². The lowest BCUT2D eigenvalue weighted by Crippen LogP contribution is -2.19. The number of aromatic nitrogens is 2. The summed E-state index contributed by atoms with van der Waals surface area (Å²) in [7, 11) is 2.03. The molecule has 0 radical (unpaired) electrons. The van der Waals surface area contributed by atoms with Crippen LogP contribution in [-0.4, -0.2) is 9.55 Å². The highest BCUT2D eigenvalue weighted by Gasteiger charge is 2.15. The van der Waals surface area contributed by atoms with Crippen LogP contribution >= 0.6 is 11.3 Å². The van der Waals surface area contributed by atoms with Gasteiger partial charge in [0.05, 0.1) is 5.69 Å². The monoisotopic (exact) mass is 317 g/mol. The number of thiophene rings is 1. The zero-order valence-corrected chi connectivity index (χ0v) is 14.1. The molecule has 0 aliphatic carbocycles. The Balaban J connectivity index is 1.78. The van der Waals surface area contributed by atoms with Gasteiger partial charge in [-0.3, -0.25) is 0 Å². The normalized spacial score (nSPS) is 13.0. The zero-order chi connectivity index (χ0) is 15.9. The summed E-state index contributed by atoms with van der Waals surface area (Å²) in [6.07, 6.45) is 0. The Labute approximate surface area is 133 Å². The highest BCUT2D eigenvalue weighted by atomic mass is 32.1. The number of aryl methyl sites for hydroxylation is 1. The number of hydrogen-bond acceptors (Lipinski definition) is 3. The van der Waals surface area contributed by atoms with E-state index < -0.39 is 0 Å². The molecule has 1 aromatic carbocycles. The highest BCUT2D eigenvalue weighted by Crippen LogP contribution is 2.27. The minimum absolute atomic E-state index is 0.156. The second-order valence-electron chi connectivity index (χ2n) is 5.69. The van der Waals surface area contributed by atoms with Crippen LogP contribution in [0, 0.1) is 19.7 Å². The van der Waals surface area contributed by atoms with Crippen molar-refractivity contribution >= 4 is 21.4 Å². The van der Waals surface area contributed by atoms with Crippen molar-refractivity contribution in [2.24, 2.45) is 7.05 Å². The van der Waals surface area contributed by atoms with Crippen molar-refractivity contribution in [3.63, 3.8) is 0 Å². The SMILES string of the molecule is Cc1nc(C(C)NCc2csc3ccc(F)cc23)c(C)n1C. The van der Waals surface area contributed by atoms with Gasteiger partial charge in [-0.25, -0.2) is 9.37 Å². The van der Waals surface area contributed by atoms with Gasteiger partial charge in [-0.15, -0.1) is 11.3 Å². The maximum Gasteiger partial charge on any atom is 0.123 e. The van der Waals surface area contributed by atoms with Crippen molar-refractivity contribution in [3.05, 3.63) is 52.2 Å². The molecule has 0 fully saturated rings. The minimum Gasteiger partial charge on any atom is -0.335 e. The number of imidazole rings is 1. The Kier molecular flexibility index (Phi) is 4.02. The van der Waals surface area contributed by atoms with E-state index in [-0.39, 0.29) is 11.9 Å². The summed E-state index contributed by atoms with van der Waals surface area (Å²) in [6.45, 7) is 6.92. The molecule has 22 heavy (non-hydrogen) atoms. The molecule has 3 nitrogen and oxygen atoms in total. The van der Waals surface area contributed by atoms with Gasteiger partial charge in [0.15, 0.2) is 0 Å². The van der Waals surface area contributed by atoms with E-state index in [9.17, 15) is 4.39 Å². The first-order valence-corrected chi connectivity index (χ1v) is 8.24. The highest BCUT2D eigenvalue weighted by molar-refractivity contribution is 7.17. The molecule has 0 spiro atoms. The van der Waals surface area contributed by atoms with Crippen LogP contribution in [0.15, 0.2) is 23.6 Å². The first kappa shape index (κ1) is 15.2. The second kappa shape index (κ2) is 5.82. The van der Waals surface area contributed by atoms with Crippen LogP contribution in [0.25, 0.3) is 10.1 Å². The van der Waals surface area contributed by atoms with Crippen LogP contribution in [-0.2, 0) is 13.6 Å². The van der Waals surface area contributed by atoms with Crippen LogP contribution in [0.4, 0.5) is 4.39 Å². The number of nitrogens with one attached hydrogen (secondary N) is 1. The molecule has 0 aliphatic heterocycles. The summed E-state index contributed by atoms with van der Waals surface area (Å²) in [5, 5.41) is 6.60. The number of halogens is 1. The van der Waals surface area contributed by atoms with Crippen LogP contribution in [0.2, 0.25) is 0 Å². The van der Waals surface area contributed by atoms with Crippen molar-refractivity contribution in [3.8, 4) is 0 Å². The van der Waals surface area contributed by atoms with Crippen molar-refractivity contribution in [2.75, 3.05) is 0 Å². The molecule has 0 saturated heterocycles. The van der Waals surface area contributed by atoms with Gasteiger partial charge < -0.3 is 9.88 Å². The Morgan fingerprint density at radius 1 is 1.36 bits per heavy atom. The second-order valence-corrected chi connectivity index (χ2v) is 6.60. The first-order valence-electron chi connectivity index (χ1n) is 7.36. The van der Waals surface area contributed by atoms with E-state index in [1.807, 2.05) is 20.0 Å². The standard InChI is InChI=1S/C17H20FN3S/c1-10(17-11(2)21(4)12(3)20-17)19-8-13-9-22-16-6-5-14(18)7-15(13)16/h5-7,9-10,19H,8H2,1-4H3. The number of hydrogen-bond donors (Lipinski definition) is 1. The van der Waals surface area contributed by atoms with E-state index >= 15 is 0 Å². The van der Waals surface area contributed by atoms with Gasteiger partial charge in [-0.2, -0.15) is 0 Å². The maximum absolute atomic E-state index is 13.4. The molecule has 3 rings (SSSR count). The molecule has 2 heterocycles. The summed E-state index contributed by atoms with van der Waals surface area (Å²) in [5.74, 6) is 0.834. The van der Waals surface area contributed by atoms with Gasteiger partial charge in [-0.05, 0) is 55.3 Å². The largest absolute Gasteiger partial charge is 0.335 e. The molecule has 1 unspecified atom stereocenters. The molecule has 5 heteroatoms. The van der Waals surface area contributed by atoms with E-state index in [1.54, 1.807) is 17.4 Å². The van der Waals surface area contributed by atoms with E-state index in [0.29, 0.717) is 6.54 Å². The summed E-state index contributed by atoms with van der Waals surface area (Å²) in [4.78, 5) is 4.63. The van der Waals surface area contributed by atoms with Gasteiger partial charge >= 0.3 is 0 Å². The lowest BCUT2D eigenvalue weighted by molar-refractivity contribution is 0.561. The number of rotatable bonds is 4. The molecule has 0 bridgehead atoms. The fraction of sp³-hybridized carbons (Fsp3) is 0.353. The van der Waals surface area contributed by atoms with E-state index in [2.05, 4.69) is 34.1 Å². The topological polar surface area (TPSA) is 29.9 Å². The molecule has 1 N–H and O–H groups in total. The molecule has 0 saturated carbocycles. The van der Waals surface area contributed by atoms with Crippen LogP contribution < -0.4 is 5.32 Å². The number of benzene rings is 1. The van der Waals surface area contributed by atoms with Gasteiger partial charge in [-0.1, -0.05) is 0 Å². The average Bonchev–Trinajstić information content (AvgIpc) is 3.01. The third-order valence-corrected chi connectivity index (χ3v) is 5.28. The molecule has 0 aliphatic rings. The van der Waals surface area contributed by atoms with Crippen LogP contribution in [0.3, 0.4) is 0 Å². The smallest absolute Gasteiger partial charge is 0.123 e. The molecule has 1 atom stereocenters. The van der Waals surface area contributed by atoms with Gasteiger partial charge in [0, 0.05) is 30.0 Å². The average molecular weight is 317 g/mol. The predicted molar refractivity (Wildman–Crippen MR) is 89.7 cm³/mol. The molecular weight excluding hydrogens is 297 g/mol. The Morgan fingerprint density at radius 2 is 2.14 bits per heavy atom. The van der Waals surface area contributed by atoms with Crippen LogP contribution in [0.1, 0.15) is 35.7 Å². The van der Waals surface area contributed by atoms with E-state index in [0.717, 1.165) is 27.2 Å². The summed E-state index contributed by atoms with van der Waals surface area (Å²) in [6, 6.07) is 5.13. The third kappa shape index (κ3) is 2.66. The Hall–Kier alpha value is -1.72. The first-order chi connectivity index (χ1) is 10.5. The summed E-state index contributed by atoms with van der Waals surface area (Å²) in [5.41, 5.74) is 3.39. The third-order valence-electron chi connectivity index (χ3n) is 4.27.